The monoisotopic (exact) mass is 285 g/mol. The highest BCUT2D eigenvalue weighted by Gasteiger charge is 2.13. The number of hydrogen-bond acceptors (Lipinski definition) is 3. The zero-order valence-corrected chi connectivity index (χ0v) is 12.2. The molecule has 0 saturated heterocycles. The van der Waals surface area contributed by atoms with Gasteiger partial charge in [0.15, 0.2) is 0 Å². The molecule has 0 heterocycles. The minimum atomic E-state index is -0.201. The van der Waals surface area contributed by atoms with E-state index in [1.54, 1.807) is 19.2 Å². The molecule has 1 amide bonds. The van der Waals surface area contributed by atoms with Gasteiger partial charge in [-0.1, -0.05) is 31.2 Å². The Bertz CT molecular complexity index is 625. The first kappa shape index (κ1) is 14.9. The summed E-state index contributed by atoms with van der Waals surface area (Å²) in [6.45, 7) is 2.52. The van der Waals surface area contributed by atoms with Crippen LogP contribution in [-0.4, -0.2) is 24.7 Å². The summed E-state index contributed by atoms with van der Waals surface area (Å²) < 4.78 is 5.33. The second-order valence-corrected chi connectivity index (χ2v) is 4.90. The van der Waals surface area contributed by atoms with E-state index in [0.717, 1.165) is 11.3 Å². The van der Waals surface area contributed by atoms with Crippen LogP contribution in [0.15, 0.2) is 48.5 Å². The van der Waals surface area contributed by atoms with Crippen molar-refractivity contribution < 1.29 is 14.6 Å². The lowest BCUT2D eigenvalue weighted by Crippen LogP contribution is -2.27. The topological polar surface area (TPSA) is 58.6 Å². The molecule has 2 rings (SSSR count). The maximum atomic E-state index is 12.0. The molecular weight excluding hydrogens is 266 g/mol. The third-order valence-electron chi connectivity index (χ3n) is 3.35. The van der Waals surface area contributed by atoms with Crippen molar-refractivity contribution in [3.05, 3.63) is 59.7 Å². The summed E-state index contributed by atoms with van der Waals surface area (Å²) in [6, 6.07) is 14.1. The number of ether oxygens (including phenoxy) is 1. The predicted octanol–water partition coefficient (Wildman–Crippen LogP) is 2.93. The van der Waals surface area contributed by atoms with E-state index in [1.807, 2.05) is 31.2 Å². The van der Waals surface area contributed by atoms with E-state index in [4.69, 9.17) is 4.74 Å². The van der Waals surface area contributed by atoms with E-state index >= 15 is 0 Å². The Morgan fingerprint density at radius 1 is 1.24 bits per heavy atom. The summed E-state index contributed by atoms with van der Waals surface area (Å²) in [5.41, 5.74) is 1.50. The highest BCUT2D eigenvalue weighted by atomic mass is 16.5. The van der Waals surface area contributed by atoms with Crippen molar-refractivity contribution in [2.24, 2.45) is 0 Å². The van der Waals surface area contributed by atoms with Crippen molar-refractivity contribution >= 4 is 5.91 Å². The molecule has 110 valence electrons. The minimum Gasteiger partial charge on any atom is -0.508 e. The smallest absolute Gasteiger partial charge is 0.251 e. The molecule has 0 unspecified atom stereocenters. The summed E-state index contributed by atoms with van der Waals surface area (Å²) >= 11 is 0. The van der Waals surface area contributed by atoms with Crippen molar-refractivity contribution in [1.82, 2.24) is 5.32 Å². The van der Waals surface area contributed by atoms with Crippen LogP contribution in [-0.2, 0) is 0 Å². The molecule has 4 heteroatoms. The van der Waals surface area contributed by atoms with Crippen molar-refractivity contribution in [2.75, 3.05) is 13.7 Å². The molecule has 21 heavy (non-hydrogen) atoms. The van der Waals surface area contributed by atoms with Gasteiger partial charge in [0.1, 0.15) is 11.5 Å². The van der Waals surface area contributed by atoms with Gasteiger partial charge in [0, 0.05) is 18.0 Å². The predicted molar refractivity (Wildman–Crippen MR) is 81.8 cm³/mol. The average molecular weight is 285 g/mol. The lowest BCUT2D eigenvalue weighted by molar-refractivity contribution is 0.0951. The summed E-state index contributed by atoms with van der Waals surface area (Å²) in [6.07, 6.45) is 0. The van der Waals surface area contributed by atoms with Crippen LogP contribution in [0.25, 0.3) is 0 Å². The average Bonchev–Trinajstić information content (AvgIpc) is 2.52. The van der Waals surface area contributed by atoms with Crippen LogP contribution in [0.2, 0.25) is 0 Å². The number of para-hydroxylation sites is 1. The van der Waals surface area contributed by atoms with Gasteiger partial charge >= 0.3 is 0 Å². The van der Waals surface area contributed by atoms with E-state index in [2.05, 4.69) is 5.32 Å². The lowest BCUT2D eigenvalue weighted by atomic mass is 10.00. The lowest BCUT2D eigenvalue weighted by Gasteiger charge is -2.16. The summed E-state index contributed by atoms with van der Waals surface area (Å²) in [5, 5.41) is 12.3. The van der Waals surface area contributed by atoms with Crippen LogP contribution < -0.4 is 10.1 Å². The number of rotatable bonds is 5. The molecule has 0 aromatic heterocycles. The Morgan fingerprint density at radius 3 is 2.71 bits per heavy atom. The van der Waals surface area contributed by atoms with Crippen LogP contribution in [0, 0.1) is 0 Å². The second-order valence-electron chi connectivity index (χ2n) is 4.90. The quantitative estimate of drug-likeness (QED) is 0.888. The molecule has 4 nitrogen and oxygen atoms in total. The van der Waals surface area contributed by atoms with Crippen molar-refractivity contribution in [3.8, 4) is 11.5 Å². The number of benzene rings is 2. The van der Waals surface area contributed by atoms with Gasteiger partial charge in [-0.2, -0.15) is 0 Å². The summed E-state index contributed by atoms with van der Waals surface area (Å²) in [4.78, 5) is 12.0. The maximum absolute atomic E-state index is 12.0. The Balaban J connectivity index is 2.01. The van der Waals surface area contributed by atoms with Gasteiger partial charge in [0.25, 0.3) is 5.91 Å². The second kappa shape index (κ2) is 6.79. The van der Waals surface area contributed by atoms with Crippen molar-refractivity contribution in [1.29, 1.82) is 0 Å². The SMILES string of the molecule is COc1ccccc1[C@@H](C)CNC(=O)c1cccc(O)c1. The van der Waals surface area contributed by atoms with Crippen LogP contribution in [0.4, 0.5) is 0 Å². The van der Waals surface area contributed by atoms with Gasteiger partial charge in [-0.25, -0.2) is 0 Å². The molecule has 2 aromatic rings. The Kier molecular flexibility index (Phi) is 4.82. The minimum absolute atomic E-state index is 0.0837. The molecule has 1 atom stereocenters. The fourth-order valence-electron chi connectivity index (χ4n) is 2.18. The van der Waals surface area contributed by atoms with Crippen molar-refractivity contribution in [2.45, 2.75) is 12.8 Å². The molecule has 0 aliphatic heterocycles. The van der Waals surface area contributed by atoms with Crippen LogP contribution in [0.1, 0.15) is 28.8 Å². The van der Waals surface area contributed by atoms with Gasteiger partial charge in [-0.05, 0) is 29.8 Å². The third-order valence-corrected chi connectivity index (χ3v) is 3.35. The van der Waals surface area contributed by atoms with Gasteiger partial charge in [-0.3, -0.25) is 4.79 Å². The first-order chi connectivity index (χ1) is 10.1. The van der Waals surface area contributed by atoms with Gasteiger partial charge in [-0.15, -0.1) is 0 Å². The molecule has 0 aliphatic carbocycles. The first-order valence-electron chi connectivity index (χ1n) is 6.82. The van der Waals surface area contributed by atoms with E-state index in [-0.39, 0.29) is 17.6 Å². The molecule has 0 fully saturated rings. The van der Waals surface area contributed by atoms with Gasteiger partial charge in [0.2, 0.25) is 0 Å². The molecule has 2 aromatic carbocycles. The normalized spacial score (nSPS) is 11.7. The van der Waals surface area contributed by atoms with Crippen LogP contribution in [0.5, 0.6) is 11.5 Å². The number of hydrogen-bond donors (Lipinski definition) is 2. The Labute approximate surface area is 124 Å². The number of carbonyl (C=O) groups is 1. The molecule has 0 spiro atoms. The maximum Gasteiger partial charge on any atom is 0.251 e. The third kappa shape index (κ3) is 3.75. The van der Waals surface area contributed by atoms with Gasteiger partial charge in [0.05, 0.1) is 7.11 Å². The highest BCUT2D eigenvalue weighted by Crippen LogP contribution is 2.25. The number of nitrogens with one attached hydrogen (secondary N) is 1. The number of carbonyl (C=O) groups excluding carboxylic acids is 1. The number of aromatic hydroxyl groups is 1. The zero-order chi connectivity index (χ0) is 15.2. The molecule has 0 radical (unpaired) electrons. The molecule has 0 saturated carbocycles. The standard InChI is InChI=1S/C17H19NO3/c1-12(15-8-3-4-9-16(15)21-2)11-18-17(20)13-6-5-7-14(19)10-13/h3-10,12,19H,11H2,1-2H3,(H,18,20)/t12-/m0/s1. The largest absolute Gasteiger partial charge is 0.508 e. The zero-order valence-electron chi connectivity index (χ0n) is 12.2. The van der Waals surface area contributed by atoms with Crippen LogP contribution in [0.3, 0.4) is 0 Å². The number of amides is 1. The summed E-state index contributed by atoms with van der Waals surface area (Å²) in [7, 11) is 1.64. The molecule has 2 N–H and O–H groups in total. The molecule has 0 bridgehead atoms. The van der Waals surface area contributed by atoms with E-state index in [1.165, 1.54) is 12.1 Å². The number of phenols is 1. The summed E-state index contributed by atoms with van der Waals surface area (Å²) in [5.74, 6) is 0.826. The number of methoxy groups -OCH3 is 1. The first-order valence-corrected chi connectivity index (χ1v) is 6.82. The Morgan fingerprint density at radius 2 is 2.00 bits per heavy atom. The van der Waals surface area contributed by atoms with E-state index < -0.39 is 0 Å². The van der Waals surface area contributed by atoms with Gasteiger partial charge < -0.3 is 15.2 Å². The highest BCUT2D eigenvalue weighted by molar-refractivity contribution is 5.94. The molecular formula is C17H19NO3. The number of phenolic OH excluding ortho intramolecular Hbond substituents is 1. The van der Waals surface area contributed by atoms with E-state index in [9.17, 15) is 9.90 Å². The fraction of sp³-hybridized carbons (Fsp3) is 0.235. The fourth-order valence-corrected chi connectivity index (χ4v) is 2.18. The van der Waals surface area contributed by atoms with Crippen molar-refractivity contribution in [3.63, 3.8) is 0 Å². The Hall–Kier alpha value is -2.49. The van der Waals surface area contributed by atoms with E-state index in [0.29, 0.717) is 12.1 Å². The molecule has 0 aliphatic rings. The van der Waals surface area contributed by atoms with Crippen LogP contribution >= 0.6 is 0 Å².